The second-order valence-corrected chi connectivity index (χ2v) is 14.2. The van der Waals surface area contributed by atoms with Crippen molar-refractivity contribution in [3.05, 3.63) is 164 Å². The molecule has 0 aliphatic carbocycles. The van der Waals surface area contributed by atoms with Gasteiger partial charge in [-0.25, -0.2) is 15.0 Å². The van der Waals surface area contributed by atoms with Crippen molar-refractivity contribution >= 4 is 74.6 Å². The zero-order chi connectivity index (χ0) is 33.5. The molecular weight excluding hydrogens is 639 g/mol. The molecule has 0 atom stereocenters. The Hall–Kier alpha value is -6.49. The molecule has 3 nitrogen and oxygen atoms in total. The van der Waals surface area contributed by atoms with Crippen LogP contribution in [-0.4, -0.2) is 15.0 Å². The van der Waals surface area contributed by atoms with E-state index in [-0.39, 0.29) is 0 Å². The summed E-state index contributed by atoms with van der Waals surface area (Å²) in [5, 5.41) is 12.6. The molecule has 0 fully saturated rings. The maximum atomic E-state index is 5.18. The summed E-state index contributed by atoms with van der Waals surface area (Å²) in [6, 6.07) is 58.4. The first-order chi connectivity index (χ1) is 25.3. The van der Waals surface area contributed by atoms with E-state index >= 15 is 0 Å². The highest BCUT2D eigenvalue weighted by molar-refractivity contribution is 7.26. The van der Waals surface area contributed by atoms with E-state index in [9.17, 15) is 0 Å². The summed E-state index contributed by atoms with van der Waals surface area (Å²) < 4.78 is 2.63. The fourth-order valence-corrected chi connectivity index (χ4v) is 9.17. The number of hydrogen-bond acceptors (Lipinski definition) is 4. The molecule has 51 heavy (non-hydrogen) atoms. The molecule has 0 aliphatic rings. The highest BCUT2D eigenvalue weighted by Gasteiger charge is 2.20. The van der Waals surface area contributed by atoms with E-state index in [1.165, 1.54) is 52.7 Å². The van der Waals surface area contributed by atoms with Crippen LogP contribution in [0.15, 0.2) is 164 Å². The predicted molar refractivity (Wildman–Crippen MR) is 216 cm³/mol. The molecule has 0 spiro atoms. The van der Waals surface area contributed by atoms with Crippen molar-refractivity contribution in [2.24, 2.45) is 0 Å². The number of aromatic nitrogens is 3. The number of fused-ring (bicyclic) bond motifs is 5. The Kier molecular flexibility index (Phi) is 6.12. The van der Waals surface area contributed by atoms with Gasteiger partial charge in [0, 0.05) is 36.9 Å². The molecule has 0 saturated carbocycles. The van der Waals surface area contributed by atoms with Crippen LogP contribution in [0.2, 0.25) is 0 Å². The topological polar surface area (TPSA) is 38.7 Å². The molecule has 0 amide bonds. The van der Waals surface area contributed by atoms with Crippen molar-refractivity contribution in [3.8, 4) is 45.3 Å². The molecule has 11 aromatic rings. The van der Waals surface area contributed by atoms with E-state index in [0.717, 1.165) is 38.4 Å². The van der Waals surface area contributed by atoms with Gasteiger partial charge in [0.2, 0.25) is 0 Å². The normalized spacial score (nSPS) is 11.9. The minimum Gasteiger partial charge on any atom is -0.208 e. The Balaban J connectivity index is 1.13. The number of nitrogens with zero attached hydrogens (tertiary/aromatic N) is 3. The molecule has 2 heterocycles. The summed E-state index contributed by atoms with van der Waals surface area (Å²) in [5.41, 5.74) is 5.27. The van der Waals surface area contributed by atoms with E-state index in [1.54, 1.807) is 0 Å². The second kappa shape index (κ2) is 11.0. The maximum absolute atomic E-state index is 5.18. The number of rotatable bonds is 4. The lowest BCUT2D eigenvalue weighted by Gasteiger charge is -2.13. The first kappa shape index (κ1) is 28.4. The monoisotopic (exact) mass is 665 g/mol. The Morgan fingerprint density at radius 2 is 0.941 bits per heavy atom. The van der Waals surface area contributed by atoms with Gasteiger partial charge in [-0.05, 0) is 72.4 Å². The average molecular weight is 666 g/mol. The molecule has 0 saturated heterocycles. The van der Waals surface area contributed by atoms with Crippen molar-refractivity contribution in [1.82, 2.24) is 15.0 Å². The molecule has 0 bridgehead atoms. The van der Waals surface area contributed by atoms with Crippen LogP contribution in [0.3, 0.4) is 0 Å². The van der Waals surface area contributed by atoms with E-state index in [2.05, 4.69) is 164 Å². The lowest BCUT2D eigenvalue weighted by Crippen LogP contribution is -2.00. The van der Waals surface area contributed by atoms with E-state index < -0.39 is 0 Å². The fourth-order valence-electron chi connectivity index (χ4n) is 7.88. The van der Waals surface area contributed by atoms with Gasteiger partial charge in [-0.3, -0.25) is 0 Å². The van der Waals surface area contributed by atoms with Gasteiger partial charge in [0.25, 0.3) is 0 Å². The third kappa shape index (κ3) is 4.40. The lowest BCUT2D eigenvalue weighted by molar-refractivity contribution is 1.08. The van der Waals surface area contributed by atoms with Crippen LogP contribution in [0.1, 0.15) is 0 Å². The largest absolute Gasteiger partial charge is 0.208 e. The third-order valence-electron chi connectivity index (χ3n) is 10.3. The predicted octanol–water partition coefficient (Wildman–Crippen LogP) is 13.0. The van der Waals surface area contributed by atoms with E-state index in [0.29, 0.717) is 17.5 Å². The molecule has 11 rings (SSSR count). The van der Waals surface area contributed by atoms with Crippen LogP contribution in [0.5, 0.6) is 0 Å². The fraction of sp³-hybridized carbons (Fsp3) is 0. The van der Waals surface area contributed by atoms with Gasteiger partial charge in [-0.2, -0.15) is 0 Å². The summed E-state index contributed by atoms with van der Waals surface area (Å²) in [7, 11) is 0. The number of thiophene rings is 1. The van der Waals surface area contributed by atoms with Gasteiger partial charge in [0.05, 0.1) is 0 Å². The zero-order valence-electron chi connectivity index (χ0n) is 27.3. The SMILES string of the molecule is c1cc(-c2nc(-c3ccc4ccccc4c3)nc(-c3cccc4ccccc34)n2)cc(-c2ccc3c4ccccc4c4cccc5sc2c3c54)c1. The smallest absolute Gasteiger partial charge is 0.164 e. The molecular formula is C47H27N3S. The number of hydrogen-bond donors (Lipinski definition) is 0. The zero-order valence-corrected chi connectivity index (χ0v) is 28.2. The van der Waals surface area contributed by atoms with Crippen molar-refractivity contribution in [1.29, 1.82) is 0 Å². The number of benzene rings is 9. The van der Waals surface area contributed by atoms with Crippen molar-refractivity contribution in [2.75, 3.05) is 0 Å². The van der Waals surface area contributed by atoms with Crippen LogP contribution in [0.25, 0.3) is 109 Å². The minimum absolute atomic E-state index is 0.652. The van der Waals surface area contributed by atoms with Crippen LogP contribution in [0, 0.1) is 0 Å². The lowest BCUT2D eigenvalue weighted by atomic mass is 9.92. The van der Waals surface area contributed by atoms with Gasteiger partial charge < -0.3 is 0 Å². The highest BCUT2D eigenvalue weighted by Crippen LogP contribution is 2.48. The summed E-state index contributed by atoms with van der Waals surface area (Å²) in [6.07, 6.45) is 0. The molecule has 0 aliphatic heterocycles. The molecule has 0 N–H and O–H groups in total. The highest BCUT2D eigenvalue weighted by atomic mass is 32.1. The molecule has 236 valence electrons. The summed E-state index contributed by atoms with van der Waals surface area (Å²) in [4.78, 5) is 15.5. The summed E-state index contributed by atoms with van der Waals surface area (Å²) in [5.74, 6) is 1.97. The van der Waals surface area contributed by atoms with Gasteiger partial charge in [0.15, 0.2) is 17.5 Å². The molecule has 4 heteroatoms. The Morgan fingerprint density at radius 3 is 1.78 bits per heavy atom. The minimum atomic E-state index is 0.652. The molecule has 9 aromatic carbocycles. The van der Waals surface area contributed by atoms with Gasteiger partial charge in [-0.1, -0.05) is 146 Å². The quantitative estimate of drug-likeness (QED) is 0.176. The first-order valence-corrected chi connectivity index (χ1v) is 18.0. The Morgan fingerprint density at radius 1 is 0.333 bits per heavy atom. The van der Waals surface area contributed by atoms with Crippen LogP contribution in [-0.2, 0) is 0 Å². The molecule has 2 aromatic heterocycles. The third-order valence-corrected chi connectivity index (χ3v) is 11.4. The Bertz CT molecular complexity index is 3150. The maximum Gasteiger partial charge on any atom is 0.164 e. The van der Waals surface area contributed by atoms with Crippen LogP contribution >= 0.6 is 11.3 Å². The van der Waals surface area contributed by atoms with E-state index in [4.69, 9.17) is 15.0 Å². The van der Waals surface area contributed by atoms with Crippen molar-refractivity contribution in [3.63, 3.8) is 0 Å². The molecule has 0 unspecified atom stereocenters. The summed E-state index contributed by atoms with van der Waals surface area (Å²) in [6.45, 7) is 0. The standard InChI is InChI=1S/C47H27N3S/c1-2-12-30-26-33(23-22-28(30)10-1)46-48-45(49-47(50-46)40-20-8-13-29-11-3-4-16-34(29)40)32-15-7-14-31(27-32)35-24-25-39-37-18-6-5-17-36(37)38-19-9-21-41-42(38)43(39)44(35)51-41/h1-27H. The summed E-state index contributed by atoms with van der Waals surface area (Å²) >= 11 is 1.88. The first-order valence-electron chi connectivity index (χ1n) is 17.2. The van der Waals surface area contributed by atoms with E-state index in [1.807, 2.05) is 11.3 Å². The van der Waals surface area contributed by atoms with Gasteiger partial charge >= 0.3 is 0 Å². The molecule has 0 radical (unpaired) electrons. The van der Waals surface area contributed by atoms with Gasteiger partial charge in [-0.15, -0.1) is 11.3 Å². The van der Waals surface area contributed by atoms with Crippen LogP contribution in [0.4, 0.5) is 0 Å². The second-order valence-electron chi connectivity index (χ2n) is 13.2. The Labute approximate surface area is 297 Å². The average Bonchev–Trinajstić information content (AvgIpc) is 3.60. The van der Waals surface area contributed by atoms with Gasteiger partial charge in [0.1, 0.15) is 0 Å². The van der Waals surface area contributed by atoms with Crippen molar-refractivity contribution in [2.45, 2.75) is 0 Å². The van der Waals surface area contributed by atoms with Crippen LogP contribution < -0.4 is 0 Å². The van der Waals surface area contributed by atoms with Crippen molar-refractivity contribution < 1.29 is 0 Å².